The molecule has 0 aliphatic rings. The van der Waals surface area contributed by atoms with Crippen LogP contribution >= 0.6 is 11.3 Å². The molecular weight excluding hydrogens is 400 g/mol. The van der Waals surface area contributed by atoms with Crippen molar-refractivity contribution in [3.63, 3.8) is 0 Å². The van der Waals surface area contributed by atoms with Gasteiger partial charge in [0.15, 0.2) is 0 Å². The van der Waals surface area contributed by atoms with Crippen LogP contribution in [0.2, 0.25) is 0 Å². The summed E-state index contributed by atoms with van der Waals surface area (Å²) in [6.45, 7) is 13.3. The number of aryl methyl sites for hydroxylation is 1. The zero-order valence-corrected chi connectivity index (χ0v) is 20.3. The molecule has 1 unspecified atom stereocenters. The molecule has 166 valence electrons. The van der Waals surface area contributed by atoms with E-state index in [1.165, 1.54) is 36.2 Å². The van der Waals surface area contributed by atoms with Crippen LogP contribution in [0.15, 0.2) is 42.5 Å². The summed E-state index contributed by atoms with van der Waals surface area (Å²) in [5.41, 5.74) is 3.41. The number of rotatable bonds is 12. The van der Waals surface area contributed by atoms with Gasteiger partial charge in [-0.1, -0.05) is 44.5 Å². The number of hydrogen-bond donors (Lipinski definition) is 0. The van der Waals surface area contributed by atoms with Gasteiger partial charge in [-0.05, 0) is 81.6 Å². The third kappa shape index (κ3) is 7.19. The fourth-order valence-electron chi connectivity index (χ4n) is 3.88. The number of ether oxygens (including phenoxy) is 1. The first-order chi connectivity index (χ1) is 15.1. The van der Waals surface area contributed by atoms with E-state index in [0.717, 1.165) is 41.4 Å². The van der Waals surface area contributed by atoms with Crippen molar-refractivity contribution >= 4 is 33.7 Å². The van der Waals surface area contributed by atoms with E-state index in [9.17, 15) is 0 Å². The fraction of sp³-hybridized carbons (Fsp3) is 0.444. The summed E-state index contributed by atoms with van der Waals surface area (Å²) < 4.78 is 7.44. The van der Waals surface area contributed by atoms with Gasteiger partial charge < -0.3 is 9.64 Å². The predicted molar refractivity (Wildman–Crippen MR) is 136 cm³/mol. The van der Waals surface area contributed by atoms with Gasteiger partial charge in [0.05, 0.1) is 16.8 Å². The number of nitrogens with zero attached hydrogens (tertiary/aromatic N) is 2. The molecule has 0 spiro atoms. The largest absolute Gasteiger partial charge is 0.493 e. The molecule has 1 atom stereocenters. The molecule has 3 rings (SSSR count). The summed E-state index contributed by atoms with van der Waals surface area (Å²) in [6.07, 6.45) is 7.74. The number of para-hydroxylation sites is 1. The van der Waals surface area contributed by atoms with Gasteiger partial charge in [-0.2, -0.15) is 0 Å². The fourth-order valence-corrected chi connectivity index (χ4v) is 4.75. The second-order valence-electron chi connectivity index (χ2n) is 8.44. The van der Waals surface area contributed by atoms with E-state index < -0.39 is 0 Å². The molecule has 0 saturated carbocycles. The quantitative estimate of drug-likeness (QED) is 0.298. The monoisotopic (exact) mass is 436 g/mol. The molecule has 4 heteroatoms. The minimum Gasteiger partial charge on any atom is -0.493 e. The Morgan fingerprint density at radius 2 is 1.84 bits per heavy atom. The Balaban J connectivity index is 1.60. The van der Waals surface area contributed by atoms with E-state index in [4.69, 9.17) is 9.72 Å². The van der Waals surface area contributed by atoms with Gasteiger partial charge in [-0.25, -0.2) is 4.98 Å². The summed E-state index contributed by atoms with van der Waals surface area (Å²) in [5, 5.41) is 1.02. The Morgan fingerprint density at radius 1 is 1.06 bits per heavy atom. The molecule has 1 heterocycles. The molecule has 0 saturated heterocycles. The van der Waals surface area contributed by atoms with Crippen molar-refractivity contribution in [2.45, 2.75) is 47.0 Å². The zero-order valence-electron chi connectivity index (χ0n) is 19.4. The molecule has 0 aliphatic heterocycles. The van der Waals surface area contributed by atoms with Crippen LogP contribution in [0.25, 0.3) is 22.4 Å². The third-order valence-electron chi connectivity index (χ3n) is 5.40. The lowest BCUT2D eigenvalue weighted by atomic mass is 10.1. The highest BCUT2D eigenvalue weighted by Crippen LogP contribution is 2.26. The molecule has 3 nitrogen and oxygen atoms in total. The average Bonchev–Trinajstić information content (AvgIpc) is 3.17. The van der Waals surface area contributed by atoms with Crippen LogP contribution in [-0.4, -0.2) is 36.1 Å². The summed E-state index contributed by atoms with van der Waals surface area (Å²) >= 11 is 1.72. The second kappa shape index (κ2) is 12.0. The van der Waals surface area contributed by atoms with E-state index in [-0.39, 0.29) is 0 Å². The molecule has 0 radical (unpaired) electrons. The average molecular weight is 437 g/mol. The maximum atomic E-state index is 6.22. The molecule has 0 N–H and O–H groups in total. The van der Waals surface area contributed by atoms with Crippen LogP contribution in [0.1, 0.15) is 56.2 Å². The molecule has 0 amide bonds. The van der Waals surface area contributed by atoms with Crippen LogP contribution in [-0.2, 0) is 0 Å². The van der Waals surface area contributed by atoms with Crippen molar-refractivity contribution in [1.82, 2.24) is 9.88 Å². The van der Waals surface area contributed by atoms with Gasteiger partial charge in [-0.15, -0.1) is 11.3 Å². The summed E-state index contributed by atoms with van der Waals surface area (Å²) in [6, 6.07) is 14.7. The first kappa shape index (κ1) is 23.5. The number of thiazole rings is 1. The third-order valence-corrected chi connectivity index (χ3v) is 6.40. The van der Waals surface area contributed by atoms with Crippen LogP contribution in [0.3, 0.4) is 0 Å². The lowest BCUT2D eigenvalue weighted by Crippen LogP contribution is -2.30. The Bertz CT molecular complexity index is 939. The van der Waals surface area contributed by atoms with E-state index >= 15 is 0 Å². The Hall–Kier alpha value is -2.17. The van der Waals surface area contributed by atoms with Crippen molar-refractivity contribution in [3.05, 3.63) is 58.6 Å². The zero-order chi connectivity index (χ0) is 22.1. The van der Waals surface area contributed by atoms with Gasteiger partial charge in [0, 0.05) is 12.1 Å². The van der Waals surface area contributed by atoms with Crippen LogP contribution in [0.5, 0.6) is 5.75 Å². The highest BCUT2D eigenvalue weighted by Gasteiger charge is 2.10. The standard InChI is InChI=1S/C27H36N2OS/c1-5-16-29(17-6-2)20-22(4)15-18-30-25-13-11-21(3)19-23(25)12-14-27-28-24-9-7-8-10-26(24)31-27/h7-14,19,22H,5-6,15-18,20H2,1-4H3/b14-12+. The van der Waals surface area contributed by atoms with Crippen molar-refractivity contribution in [1.29, 1.82) is 0 Å². The van der Waals surface area contributed by atoms with Gasteiger partial charge >= 0.3 is 0 Å². The van der Waals surface area contributed by atoms with E-state index in [0.29, 0.717) is 5.92 Å². The maximum Gasteiger partial charge on any atom is 0.126 e. The summed E-state index contributed by atoms with van der Waals surface area (Å²) in [5.74, 6) is 1.58. The minimum atomic E-state index is 0.630. The first-order valence-corrected chi connectivity index (χ1v) is 12.4. The van der Waals surface area contributed by atoms with Crippen LogP contribution in [0, 0.1) is 12.8 Å². The van der Waals surface area contributed by atoms with Crippen molar-refractivity contribution in [2.24, 2.45) is 5.92 Å². The molecular formula is C27H36N2OS. The molecule has 0 aliphatic carbocycles. The van der Waals surface area contributed by atoms with Crippen molar-refractivity contribution in [3.8, 4) is 5.75 Å². The smallest absolute Gasteiger partial charge is 0.126 e. The topological polar surface area (TPSA) is 25.4 Å². The normalized spacial score (nSPS) is 12.8. The summed E-state index contributed by atoms with van der Waals surface area (Å²) in [7, 11) is 0. The predicted octanol–water partition coefficient (Wildman–Crippen LogP) is 7.30. The van der Waals surface area contributed by atoms with Crippen LogP contribution < -0.4 is 4.74 Å². The molecule has 1 aromatic heterocycles. The van der Waals surface area contributed by atoms with E-state index in [1.54, 1.807) is 11.3 Å². The highest BCUT2D eigenvalue weighted by molar-refractivity contribution is 7.19. The maximum absolute atomic E-state index is 6.22. The second-order valence-corrected chi connectivity index (χ2v) is 9.50. The molecule has 0 fully saturated rings. The first-order valence-electron chi connectivity index (χ1n) is 11.6. The number of benzene rings is 2. The van der Waals surface area contributed by atoms with Crippen molar-refractivity contribution < 1.29 is 4.74 Å². The Labute approximate surface area is 191 Å². The molecule has 31 heavy (non-hydrogen) atoms. The number of fused-ring (bicyclic) bond motifs is 1. The van der Waals surface area contributed by atoms with Gasteiger partial charge in [-0.3, -0.25) is 0 Å². The van der Waals surface area contributed by atoms with E-state index in [1.807, 2.05) is 6.07 Å². The lowest BCUT2D eigenvalue weighted by molar-refractivity contribution is 0.209. The Morgan fingerprint density at radius 3 is 2.58 bits per heavy atom. The van der Waals surface area contributed by atoms with Gasteiger partial charge in [0.1, 0.15) is 10.8 Å². The van der Waals surface area contributed by atoms with Crippen LogP contribution in [0.4, 0.5) is 0 Å². The highest BCUT2D eigenvalue weighted by atomic mass is 32.1. The minimum absolute atomic E-state index is 0.630. The Kier molecular flexibility index (Phi) is 9.11. The van der Waals surface area contributed by atoms with Crippen molar-refractivity contribution in [2.75, 3.05) is 26.2 Å². The van der Waals surface area contributed by atoms with Gasteiger partial charge in [0.2, 0.25) is 0 Å². The number of aromatic nitrogens is 1. The summed E-state index contributed by atoms with van der Waals surface area (Å²) in [4.78, 5) is 7.30. The van der Waals surface area contributed by atoms with E-state index in [2.05, 4.69) is 81.1 Å². The molecule has 0 bridgehead atoms. The number of hydrogen-bond acceptors (Lipinski definition) is 4. The lowest BCUT2D eigenvalue weighted by Gasteiger charge is -2.25. The molecule has 3 aromatic rings. The van der Waals surface area contributed by atoms with Gasteiger partial charge in [0.25, 0.3) is 0 Å². The molecule has 2 aromatic carbocycles. The SMILES string of the molecule is CCCN(CCC)CC(C)CCOc1ccc(C)cc1/C=C/c1nc2ccccc2s1.